The van der Waals surface area contributed by atoms with Crippen LogP contribution in [0.3, 0.4) is 0 Å². The van der Waals surface area contributed by atoms with E-state index in [0.717, 1.165) is 39.0 Å². The maximum Gasteiger partial charge on any atom is 0.263 e. The Hall–Kier alpha value is -0.220. The zero-order chi connectivity index (χ0) is 9.31. The van der Waals surface area contributed by atoms with Crippen LogP contribution in [0.2, 0.25) is 0 Å². The van der Waals surface area contributed by atoms with Crippen molar-refractivity contribution in [2.45, 2.75) is 18.8 Å². The standard InChI is InChI=1S/C9H16F2N2/c10-9(11,8-1-2-8)7-13-5-3-12-4-6-13/h8,12H,1-7H2. The van der Waals surface area contributed by atoms with Crippen molar-refractivity contribution < 1.29 is 8.78 Å². The highest BCUT2D eigenvalue weighted by molar-refractivity contribution is 4.90. The van der Waals surface area contributed by atoms with Gasteiger partial charge in [0, 0.05) is 32.1 Å². The Morgan fingerprint density at radius 2 is 1.85 bits per heavy atom. The molecule has 76 valence electrons. The fourth-order valence-electron chi connectivity index (χ4n) is 1.80. The molecule has 2 rings (SSSR count). The molecule has 0 aromatic rings. The molecule has 1 aliphatic carbocycles. The van der Waals surface area contributed by atoms with Gasteiger partial charge in [0.25, 0.3) is 5.92 Å². The van der Waals surface area contributed by atoms with Crippen molar-refractivity contribution in [1.29, 1.82) is 0 Å². The largest absolute Gasteiger partial charge is 0.314 e. The van der Waals surface area contributed by atoms with Gasteiger partial charge in [-0.25, -0.2) is 8.78 Å². The molecule has 0 unspecified atom stereocenters. The molecule has 1 N–H and O–H groups in total. The molecule has 0 bridgehead atoms. The first-order valence-electron chi connectivity index (χ1n) is 4.99. The van der Waals surface area contributed by atoms with Crippen molar-refractivity contribution in [3.8, 4) is 0 Å². The third-order valence-electron chi connectivity index (χ3n) is 2.82. The third-order valence-corrected chi connectivity index (χ3v) is 2.82. The van der Waals surface area contributed by atoms with Crippen LogP contribution in [0.25, 0.3) is 0 Å². The quantitative estimate of drug-likeness (QED) is 0.712. The molecular weight excluding hydrogens is 174 g/mol. The Kier molecular flexibility index (Phi) is 2.51. The lowest BCUT2D eigenvalue weighted by Gasteiger charge is -2.30. The van der Waals surface area contributed by atoms with E-state index in [0.29, 0.717) is 0 Å². The predicted molar refractivity (Wildman–Crippen MR) is 47.0 cm³/mol. The number of hydrogen-bond acceptors (Lipinski definition) is 2. The molecule has 4 heteroatoms. The molecule has 0 aromatic carbocycles. The molecule has 2 aliphatic rings. The van der Waals surface area contributed by atoms with Crippen LogP contribution in [0.1, 0.15) is 12.8 Å². The molecule has 1 saturated carbocycles. The minimum absolute atomic E-state index is 0.0284. The van der Waals surface area contributed by atoms with Crippen molar-refractivity contribution >= 4 is 0 Å². The highest BCUT2D eigenvalue weighted by Crippen LogP contribution is 2.43. The number of rotatable bonds is 3. The van der Waals surface area contributed by atoms with E-state index in [1.54, 1.807) is 0 Å². The molecule has 0 radical (unpaired) electrons. The van der Waals surface area contributed by atoms with E-state index in [2.05, 4.69) is 5.32 Å². The van der Waals surface area contributed by atoms with Crippen LogP contribution in [-0.2, 0) is 0 Å². The minimum Gasteiger partial charge on any atom is -0.314 e. The second-order valence-electron chi connectivity index (χ2n) is 4.06. The number of nitrogens with zero attached hydrogens (tertiary/aromatic N) is 1. The fraction of sp³-hybridized carbons (Fsp3) is 1.00. The first-order chi connectivity index (χ1) is 6.18. The average molecular weight is 190 g/mol. The van der Waals surface area contributed by atoms with Gasteiger partial charge in [0.1, 0.15) is 0 Å². The van der Waals surface area contributed by atoms with Crippen LogP contribution in [0.4, 0.5) is 8.78 Å². The number of nitrogens with one attached hydrogen (secondary N) is 1. The lowest BCUT2D eigenvalue weighted by molar-refractivity contribution is -0.0537. The van der Waals surface area contributed by atoms with Gasteiger partial charge in [-0.05, 0) is 12.8 Å². The van der Waals surface area contributed by atoms with Gasteiger partial charge in [-0.2, -0.15) is 0 Å². The molecule has 1 aliphatic heterocycles. The summed E-state index contributed by atoms with van der Waals surface area (Å²) in [7, 11) is 0. The average Bonchev–Trinajstić information content (AvgIpc) is 2.87. The Morgan fingerprint density at radius 3 is 2.38 bits per heavy atom. The summed E-state index contributed by atoms with van der Waals surface area (Å²) in [5.41, 5.74) is 0. The van der Waals surface area contributed by atoms with E-state index in [9.17, 15) is 8.78 Å². The molecule has 2 nitrogen and oxygen atoms in total. The topological polar surface area (TPSA) is 15.3 Å². The number of piperazine rings is 1. The molecule has 0 atom stereocenters. The third kappa shape index (κ3) is 2.38. The smallest absolute Gasteiger partial charge is 0.263 e. The summed E-state index contributed by atoms with van der Waals surface area (Å²) in [6, 6.07) is 0. The summed E-state index contributed by atoms with van der Waals surface area (Å²) < 4.78 is 26.7. The Morgan fingerprint density at radius 1 is 1.23 bits per heavy atom. The van der Waals surface area contributed by atoms with Gasteiger partial charge in [0.15, 0.2) is 0 Å². The maximum absolute atomic E-state index is 13.3. The summed E-state index contributed by atoms with van der Waals surface area (Å²) >= 11 is 0. The van der Waals surface area contributed by atoms with Gasteiger partial charge in [0.05, 0.1) is 6.54 Å². The van der Waals surface area contributed by atoms with Crippen molar-refractivity contribution in [1.82, 2.24) is 10.2 Å². The zero-order valence-corrected chi connectivity index (χ0v) is 7.73. The maximum atomic E-state index is 13.3. The molecule has 1 saturated heterocycles. The van der Waals surface area contributed by atoms with Crippen LogP contribution in [0, 0.1) is 5.92 Å². The molecule has 0 aromatic heterocycles. The predicted octanol–water partition coefficient (Wildman–Crippen LogP) is 0.937. The summed E-state index contributed by atoms with van der Waals surface area (Å²) in [6.45, 7) is 3.20. The van der Waals surface area contributed by atoms with E-state index in [1.165, 1.54) is 0 Å². The molecule has 13 heavy (non-hydrogen) atoms. The summed E-state index contributed by atoms with van der Waals surface area (Å²) in [5.74, 6) is -2.75. The van der Waals surface area contributed by atoms with Crippen LogP contribution >= 0.6 is 0 Å². The first-order valence-corrected chi connectivity index (χ1v) is 4.99. The summed E-state index contributed by atoms with van der Waals surface area (Å²) in [5, 5.41) is 3.16. The number of hydrogen-bond donors (Lipinski definition) is 1. The van der Waals surface area contributed by atoms with E-state index in [4.69, 9.17) is 0 Å². The van der Waals surface area contributed by atoms with Crippen LogP contribution < -0.4 is 5.32 Å². The molecule has 0 amide bonds. The Labute approximate surface area is 77.3 Å². The Balaban J connectivity index is 1.80. The van der Waals surface area contributed by atoms with Crippen LogP contribution in [0.5, 0.6) is 0 Å². The van der Waals surface area contributed by atoms with E-state index in [-0.39, 0.29) is 12.5 Å². The zero-order valence-electron chi connectivity index (χ0n) is 7.73. The van der Waals surface area contributed by atoms with Crippen molar-refractivity contribution in [2.24, 2.45) is 5.92 Å². The van der Waals surface area contributed by atoms with Gasteiger partial charge in [-0.1, -0.05) is 0 Å². The van der Waals surface area contributed by atoms with Gasteiger partial charge in [-0.15, -0.1) is 0 Å². The normalized spacial score (nSPS) is 26.3. The van der Waals surface area contributed by atoms with Crippen molar-refractivity contribution in [3.05, 3.63) is 0 Å². The highest BCUT2D eigenvalue weighted by atomic mass is 19.3. The van der Waals surface area contributed by atoms with Gasteiger partial charge in [-0.3, -0.25) is 4.90 Å². The van der Waals surface area contributed by atoms with Crippen molar-refractivity contribution in [3.63, 3.8) is 0 Å². The van der Waals surface area contributed by atoms with E-state index in [1.807, 2.05) is 4.90 Å². The molecular formula is C9H16F2N2. The monoisotopic (exact) mass is 190 g/mol. The molecule has 0 spiro atoms. The van der Waals surface area contributed by atoms with Gasteiger partial charge in [0.2, 0.25) is 0 Å². The minimum atomic E-state index is -2.43. The SMILES string of the molecule is FC(F)(CN1CCNCC1)C1CC1. The van der Waals surface area contributed by atoms with E-state index < -0.39 is 5.92 Å². The lowest BCUT2D eigenvalue weighted by atomic mass is 10.2. The van der Waals surface area contributed by atoms with Gasteiger partial charge >= 0.3 is 0 Å². The number of alkyl halides is 2. The fourth-order valence-corrected chi connectivity index (χ4v) is 1.80. The van der Waals surface area contributed by atoms with E-state index >= 15 is 0 Å². The van der Waals surface area contributed by atoms with Crippen molar-refractivity contribution in [2.75, 3.05) is 32.7 Å². The molecule has 1 heterocycles. The van der Waals surface area contributed by atoms with Crippen LogP contribution in [-0.4, -0.2) is 43.5 Å². The number of halogens is 2. The second kappa shape index (κ2) is 3.50. The first kappa shape index (κ1) is 9.34. The Bertz CT molecular complexity index is 174. The van der Waals surface area contributed by atoms with Crippen LogP contribution in [0.15, 0.2) is 0 Å². The molecule has 2 fully saturated rings. The van der Waals surface area contributed by atoms with Gasteiger partial charge < -0.3 is 5.32 Å². The highest BCUT2D eigenvalue weighted by Gasteiger charge is 2.47. The summed E-state index contributed by atoms with van der Waals surface area (Å²) in [4.78, 5) is 1.87. The second-order valence-corrected chi connectivity index (χ2v) is 4.06. The lowest BCUT2D eigenvalue weighted by Crippen LogP contribution is -2.48. The summed E-state index contributed by atoms with van der Waals surface area (Å²) in [6.07, 6.45) is 1.44.